The van der Waals surface area contributed by atoms with E-state index in [1.54, 1.807) is 0 Å². The minimum atomic E-state index is 0.269. The highest BCUT2D eigenvalue weighted by molar-refractivity contribution is 5.49. The van der Waals surface area contributed by atoms with Gasteiger partial charge in [0.05, 0.1) is 13.2 Å². The van der Waals surface area contributed by atoms with Crippen LogP contribution in [0.25, 0.3) is 0 Å². The van der Waals surface area contributed by atoms with Gasteiger partial charge < -0.3 is 14.8 Å². The van der Waals surface area contributed by atoms with E-state index >= 15 is 0 Å². The average Bonchev–Trinajstić information content (AvgIpc) is 2.68. The molecular weight excluding hydrogens is 334 g/mol. The molecule has 0 saturated carbocycles. The van der Waals surface area contributed by atoms with Crippen LogP contribution in [-0.2, 0) is 12.8 Å². The second-order valence-electron chi connectivity index (χ2n) is 6.83. The first-order valence-corrected chi connectivity index (χ1v) is 10.4. The van der Waals surface area contributed by atoms with Crippen LogP contribution in [0.5, 0.6) is 11.5 Å². The first-order valence-electron chi connectivity index (χ1n) is 10.4. The van der Waals surface area contributed by atoms with Crippen molar-refractivity contribution in [2.45, 2.75) is 59.4 Å². The van der Waals surface area contributed by atoms with Crippen molar-refractivity contribution < 1.29 is 9.47 Å². The molecule has 3 heteroatoms. The highest BCUT2D eigenvalue weighted by atomic mass is 16.5. The Labute approximate surface area is 165 Å². The van der Waals surface area contributed by atoms with Crippen LogP contribution in [0.3, 0.4) is 0 Å². The van der Waals surface area contributed by atoms with Gasteiger partial charge >= 0.3 is 0 Å². The fraction of sp³-hybridized carbons (Fsp3) is 0.500. The Bertz CT molecular complexity index is 642. The van der Waals surface area contributed by atoms with Crippen molar-refractivity contribution in [3.8, 4) is 11.5 Å². The summed E-state index contributed by atoms with van der Waals surface area (Å²) in [6.07, 6.45) is 4.42. The van der Waals surface area contributed by atoms with E-state index in [9.17, 15) is 0 Å². The maximum atomic E-state index is 5.89. The Kier molecular flexibility index (Phi) is 9.20. The molecule has 0 aliphatic carbocycles. The highest BCUT2D eigenvalue weighted by Crippen LogP contribution is 2.33. The van der Waals surface area contributed by atoms with Crippen LogP contribution in [-0.4, -0.2) is 19.8 Å². The molecule has 0 aliphatic heterocycles. The molecule has 0 fully saturated rings. The number of aryl methyl sites for hydroxylation is 1. The van der Waals surface area contributed by atoms with Crippen LogP contribution in [0.15, 0.2) is 42.5 Å². The fourth-order valence-corrected chi connectivity index (χ4v) is 3.34. The zero-order chi connectivity index (χ0) is 19.5. The molecule has 2 rings (SSSR count). The maximum absolute atomic E-state index is 5.89. The summed E-state index contributed by atoms with van der Waals surface area (Å²) in [6, 6.07) is 15.3. The van der Waals surface area contributed by atoms with Gasteiger partial charge in [-0.1, -0.05) is 37.3 Å². The molecule has 0 aromatic heterocycles. The molecule has 2 aromatic carbocycles. The normalized spacial score (nSPS) is 12.0. The van der Waals surface area contributed by atoms with E-state index in [0.29, 0.717) is 13.2 Å². The van der Waals surface area contributed by atoms with Gasteiger partial charge in [-0.25, -0.2) is 0 Å². The summed E-state index contributed by atoms with van der Waals surface area (Å²) in [5, 5.41) is 3.65. The number of hydrogen-bond acceptors (Lipinski definition) is 3. The maximum Gasteiger partial charge on any atom is 0.126 e. The number of benzene rings is 2. The molecule has 0 radical (unpaired) electrons. The smallest absolute Gasteiger partial charge is 0.126 e. The molecule has 0 amide bonds. The molecule has 0 bridgehead atoms. The third-order valence-corrected chi connectivity index (χ3v) is 4.83. The fourth-order valence-electron chi connectivity index (χ4n) is 3.34. The number of ether oxygens (including phenoxy) is 2. The van der Waals surface area contributed by atoms with Crippen LogP contribution in [0.2, 0.25) is 0 Å². The van der Waals surface area contributed by atoms with Gasteiger partial charge in [0.25, 0.3) is 0 Å². The molecule has 0 spiro atoms. The Morgan fingerprint density at radius 3 is 2.07 bits per heavy atom. The largest absolute Gasteiger partial charge is 0.493 e. The zero-order valence-corrected chi connectivity index (χ0v) is 17.4. The summed E-state index contributed by atoms with van der Waals surface area (Å²) < 4.78 is 11.8. The second kappa shape index (κ2) is 11.7. The van der Waals surface area contributed by atoms with Crippen molar-refractivity contribution in [3.05, 3.63) is 59.2 Å². The van der Waals surface area contributed by atoms with E-state index in [2.05, 4.69) is 61.6 Å². The minimum absolute atomic E-state index is 0.269. The van der Waals surface area contributed by atoms with Gasteiger partial charge in [-0.05, 0) is 76.3 Å². The molecule has 0 heterocycles. The third-order valence-electron chi connectivity index (χ3n) is 4.83. The second-order valence-corrected chi connectivity index (χ2v) is 6.83. The van der Waals surface area contributed by atoms with Crippen LogP contribution in [0.4, 0.5) is 0 Å². The zero-order valence-electron chi connectivity index (χ0n) is 17.4. The lowest BCUT2D eigenvalue weighted by molar-refractivity contribution is 0.315. The van der Waals surface area contributed by atoms with Crippen molar-refractivity contribution in [2.24, 2.45) is 0 Å². The number of rotatable bonds is 12. The average molecular weight is 370 g/mol. The highest BCUT2D eigenvalue weighted by Gasteiger charge is 2.15. The Hall–Kier alpha value is -2.00. The molecule has 0 aliphatic rings. The van der Waals surface area contributed by atoms with Crippen molar-refractivity contribution in [1.29, 1.82) is 0 Å². The van der Waals surface area contributed by atoms with Gasteiger partial charge in [0.2, 0.25) is 0 Å². The molecule has 3 nitrogen and oxygen atoms in total. The van der Waals surface area contributed by atoms with Gasteiger partial charge in [0.1, 0.15) is 11.5 Å². The molecule has 0 saturated heterocycles. The summed E-state index contributed by atoms with van der Waals surface area (Å²) in [5.41, 5.74) is 3.81. The predicted molar refractivity (Wildman–Crippen MR) is 114 cm³/mol. The molecule has 1 atom stereocenters. The van der Waals surface area contributed by atoms with Gasteiger partial charge in [0.15, 0.2) is 0 Å². The molecule has 2 aromatic rings. The molecule has 1 unspecified atom stereocenters. The Balaban J connectivity index is 1.93. The Morgan fingerprint density at radius 1 is 0.889 bits per heavy atom. The van der Waals surface area contributed by atoms with Crippen LogP contribution in [0, 0.1) is 0 Å². The van der Waals surface area contributed by atoms with Crippen LogP contribution >= 0.6 is 0 Å². The van der Waals surface area contributed by atoms with Crippen molar-refractivity contribution >= 4 is 0 Å². The quantitative estimate of drug-likeness (QED) is 0.485. The van der Waals surface area contributed by atoms with Crippen molar-refractivity contribution in [3.63, 3.8) is 0 Å². The van der Waals surface area contributed by atoms with E-state index < -0.39 is 0 Å². The van der Waals surface area contributed by atoms with Gasteiger partial charge in [0, 0.05) is 11.6 Å². The monoisotopic (exact) mass is 369 g/mol. The lowest BCUT2D eigenvalue weighted by Gasteiger charge is -2.20. The lowest BCUT2D eigenvalue weighted by Crippen LogP contribution is -2.20. The summed E-state index contributed by atoms with van der Waals surface area (Å²) >= 11 is 0. The standard InChI is InChI=1S/C24H35NO2/c1-5-22-23(26-6-2)17-21(18-24(22)27-7-3)19(4)25-16-12-11-15-20-13-9-8-10-14-20/h8-10,13-14,17-19,25H,5-7,11-12,15-16H2,1-4H3. The molecular formula is C24H35NO2. The minimum Gasteiger partial charge on any atom is -0.493 e. The van der Waals surface area contributed by atoms with Gasteiger partial charge in [-0.2, -0.15) is 0 Å². The third kappa shape index (κ3) is 6.59. The topological polar surface area (TPSA) is 30.5 Å². The predicted octanol–water partition coefficient (Wildman–Crippen LogP) is 5.72. The molecule has 1 N–H and O–H groups in total. The summed E-state index contributed by atoms with van der Waals surface area (Å²) in [7, 11) is 0. The van der Waals surface area contributed by atoms with Crippen molar-refractivity contribution in [2.75, 3.05) is 19.8 Å². The lowest BCUT2D eigenvalue weighted by atomic mass is 10.0. The van der Waals surface area contributed by atoms with E-state index in [0.717, 1.165) is 36.4 Å². The number of unbranched alkanes of at least 4 members (excludes halogenated alkanes) is 1. The van der Waals surface area contributed by atoms with E-state index in [-0.39, 0.29) is 6.04 Å². The van der Waals surface area contributed by atoms with E-state index in [4.69, 9.17) is 9.47 Å². The molecule has 27 heavy (non-hydrogen) atoms. The summed E-state index contributed by atoms with van der Waals surface area (Å²) in [4.78, 5) is 0. The SMILES string of the molecule is CCOc1cc(C(C)NCCCCc2ccccc2)cc(OCC)c1CC. The van der Waals surface area contributed by atoms with E-state index in [1.165, 1.54) is 24.0 Å². The first kappa shape index (κ1) is 21.3. The number of nitrogens with one attached hydrogen (secondary N) is 1. The van der Waals surface area contributed by atoms with Gasteiger partial charge in [-0.15, -0.1) is 0 Å². The number of hydrogen-bond donors (Lipinski definition) is 1. The van der Waals surface area contributed by atoms with Crippen molar-refractivity contribution in [1.82, 2.24) is 5.32 Å². The van der Waals surface area contributed by atoms with Crippen LogP contribution < -0.4 is 14.8 Å². The van der Waals surface area contributed by atoms with Crippen LogP contribution in [0.1, 0.15) is 63.3 Å². The van der Waals surface area contributed by atoms with Gasteiger partial charge in [-0.3, -0.25) is 0 Å². The first-order chi connectivity index (χ1) is 13.2. The summed E-state index contributed by atoms with van der Waals surface area (Å²) in [6.45, 7) is 10.8. The molecule has 148 valence electrons. The van der Waals surface area contributed by atoms with E-state index in [1.807, 2.05) is 13.8 Å². The summed E-state index contributed by atoms with van der Waals surface area (Å²) in [5.74, 6) is 1.91. The Morgan fingerprint density at radius 2 is 1.52 bits per heavy atom.